The van der Waals surface area contributed by atoms with Gasteiger partial charge in [-0.2, -0.15) is 5.26 Å². The van der Waals surface area contributed by atoms with E-state index in [1.807, 2.05) is 0 Å². The lowest BCUT2D eigenvalue weighted by atomic mass is 10.0. The topological polar surface area (TPSA) is 134 Å². The van der Waals surface area contributed by atoms with E-state index in [4.69, 9.17) is 22.1 Å². The maximum atomic E-state index is 13.5. The fourth-order valence-electron chi connectivity index (χ4n) is 3.21. The largest absolute Gasteiger partial charge is 0.475 e. The first-order valence-electron chi connectivity index (χ1n) is 10.5. The number of aromatic nitrogens is 3. The minimum atomic E-state index is -0.966. The van der Waals surface area contributed by atoms with Crippen molar-refractivity contribution in [2.75, 3.05) is 24.3 Å². The summed E-state index contributed by atoms with van der Waals surface area (Å²) in [5.74, 6) is -1.31. The number of hydrogen-bond acceptors (Lipinski definition) is 10. The lowest BCUT2D eigenvalue weighted by Gasteiger charge is -2.13. The molecule has 0 atom stereocenters. The molecule has 0 unspecified atom stereocenters. The van der Waals surface area contributed by atoms with E-state index in [0.717, 1.165) is 12.1 Å². The molecule has 0 spiro atoms. The van der Waals surface area contributed by atoms with Crippen LogP contribution in [-0.4, -0.2) is 33.3 Å². The molecule has 9 nitrogen and oxygen atoms in total. The molecule has 0 saturated heterocycles. The number of nitrogen functional groups attached to an aromatic ring is 1. The highest BCUT2D eigenvalue weighted by Crippen LogP contribution is 2.41. The molecule has 0 amide bonds. The van der Waals surface area contributed by atoms with E-state index in [9.17, 15) is 14.0 Å². The smallest absolute Gasteiger partial charge is 0.237 e. The van der Waals surface area contributed by atoms with Crippen LogP contribution in [0.15, 0.2) is 46.9 Å². The number of nitrogens with two attached hydrogens (primary N) is 1. The molecule has 0 aliphatic rings. The number of halogens is 2. The van der Waals surface area contributed by atoms with Crippen molar-refractivity contribution in [3.63, 3.8) is 0 Å². The standard InChI is InChI=1S/C24H17F2N7O2S2/c1-29-21-20(13-2-5-19(30-10-13)35-7-6-34)16(9-27)23(33-22(21)28)36-11-15-12-37-24(32-15)31-14-3-4-17(25)18(26)8-14/h2-5,8,10,12,34H,6-7,11H2,(H2,28,33)(H,31,32). The van der Waals surface area contributed by atoms with Crippen LogP contribution >= 0.6 is 23.1 Å². The third-order valence-electron chi connectivity index (χ3n) is 4.83. The number of benzene rings is 1. The normalized spacial score (nSPS) is 10.5. The van der Waals surface area contributed by atoms with Crippen molar-refractivity contribution in [1.29, 1.82) is 5.26 Å². The lowest BCUT2D eigenvalue weighted by Crippen LogP contribution is -2.03. The zero-order chi connectivity index (χ0) is 26.4. The maximum Gasteiger partial charge on any atom is 0.237 e. The van der Waals surface area contributed by atoms with Gasteiger partial charge >= 0.3 is 0 Å². The molecule has 13 heteroatoms. The maximum absolute atomic E-state index is 13.5. The van der Waals surface area contributed by atoms with E-state index in [-0.39, 0.29) is 36.2 Å². The first-order valence-corrected chi connectivity index (χ1v) is 12.4. The Morgan fingerprint density at radius 3 is 2.76 bits per heavy atom. The predicted molar refractivity (Wildman–Crippen MR) is 137 cm³/mol. The van der Waals surface area contributed by atoms with Crippen LogP contribution in [0, 0.1) is 29.5 Å². The molecule has 0 aliphatic heterocycles. The van der Waals surface area contributed by atoms with Gasteiger partial charge in [-0.1, -0.05) is 11.8 Å². The molecular formula is C24H17F2N7O2S2. The van der Waals surface area contributed by atoms with Gasteiger partial charge in [0.1, 0.15) is 23.5 Å². The third-order valence-corrected chi connectivity index (χ3v) is 6.65. The van der Waals surface area contributed by atoms with Crippen LogP contribution in [0.3, 0.4) is 0 Å². The second-order valence-corrected chi connectivity index (χ2v) is 9.09. The van der Waals surface area contributed by atoms with Gasteiger partial charge in [0, 0.05) is 40.7 Å². The van der Waals surface area contributed by atoms with Crippen molar-refractivity contribution in [3.05, 3.63) is 76.2 Å². The zero-order valence-corrected chi connectivity index (χ0v) is 20.5. The summed E-state index contributed by atoms with van der Waals surface area (Å²) in [6, 6.07) is 8.81. The molecule has 0 radical (unpaired) electrons. The van der Waals surface area contributed by atoms with Crippen molar-refractivity contribution in [2.24, 2.45) is 0 Å². The average molecular weight is 538 g/mol. The highest BCUT2D eigenvalue weighted by molar-refractivity contribution is 7.98. The van der Waals surface area contributed by atoms with E-state index in [0.29, 0.717) is 38.4 Å². The summed E-state index contributed by atoms with van der Waals surface area (Å²) in [7, 11) is 0. The van der Waals surface area contributed by atoms with Gasteiger partial charge in [-0.05, 0) is 23.8 Å². The van der Waals surface area contributed by atoms with Crippen LogP contribution in [0.1, 0.15) is 11.3 Å². The number of aliphatic hydroxyl groups is 1. The second-order valence-electron chi connectivity index (χ2n) is 7.27. The van der Waals surface area contributed by atoms with Crippen LogP contribution in [-0.2, 0) is 5.75 Å². The van der Waals surface area contributed by atoms with Gasteiger partial charge in [-0.25, -0.2) is 28.6 Å². The van der Waals surface area contributed by atoms with Gasteiger partial charge in [0.25, 0.3) is 0 Å². The number of nitriles is 1. The van der Waals surface area contributed by atoms with Gasteiger partial charge in [0.15, 0.2) is 16.8 Å². The van der Waals surface area contributed by atoms with Gasteiger partial charge < -0.3 is 20.9 Å². The minimum Gasteiger partial charge on any atom is -0.475 e. The summed E-state index contributed by atoms with van der Waals surface area (Å²) in [5.41, 5.74) is 8.10. The van der Waals surface area contributed by atoms with Gasteiger partial charge in [-0.15, -0.1) is 11.3 Å². The number of thioether (sulfide) groups is 1. The highest BCUT2D eigenvalue weighted by atomic mass is 32.2. The molecule has 3 aromatic heterocycles. The van der Waals surface area contributed by atoms with Gasteiger partial charge in [0.2, 0.25) is 11.6 Å². The monoisotopic (exact) mass is 537 g/mol. The number of thiazole rings is 1. The lowest BCUT2D eigenvalue weighted by molar-refractivity contribution is 0.196. The predicted octanol–water partition coefficient (Wildman–Crippen LogP) is 5.29. The molecule has 1 aromatic carbocycles. The molecule has 4 N–H and O–H groups in total. The first kappa shape index (κ1) is 25.8. The van der Waals surface area contributed by atoms with E-state index < -0.39 is 11.6 Å². The summed E-state index contributed by atoms with van der Waals surface area (Å²) in [4.78, 5) is 16.4. The summed E-state index contributed by atoms with van der Waals surface area (Å²) in [5, 5.41) is 24.4. The number of anilines is 3. The molecule has 186 valence electrons. The summed E-state index contributed by atoms with van der Waals surface area (Å²) in [6.07, 6.45) is 1.46. The summed E-state index contributed by atoms with van der Waals surface area (Å²) < 4.78 is 31.9. The van der Waals surface area contributed by atoms with Crippen LogP contribution < -0.4 is 15.8 Å². The molecule has 0 bridgehead atoms. The fraction of sp³-hybridized carbons (Fsp3) is 0.125. The molecule has 0 aliphatic carbocycles. The molecule has 0 saturated carbocycles. The third kappa shape index (κ3) is 5.92. The molecule has 0 fully saturated rings. The Hall–Kier alpha value is -4.30. The van der Waals surface area contributed by atoms with Crippen LogP contribution in [0.5, 0.6) is 5.88 Å². The molecule has 3 heterocycles. The van der Waals surface area contributed by atoms with Crippen molar-refractivity contribution >= 4 is 45.4 Å². The number of nitrogens with zero attached hydrogens (tertiary/aromatic N) is 5. The molecule has 4 aromatic rings. The van der Waals surface area contributed by atoms with Crippen LogP contribution in [0.25, 0.3) is 16.0 Å². The number of ether oxygens (including phenoxy) is 1. The van der Waals surface area contributed by atoms with Gasteiger partial charge in [0.05, 0.1) is 24.4 Å². The number of rotatable bonds is 9. The number of pyridine rings is 2. The Labute approximate surface area is 218 Å². The minimum absolute atomic E-state index is 0.0222. The Morgan fingerprint density at radius 2 is 2.08 bits per heavy atom. The van der Waals surface area contributed by atoms with E-state index in [1.54, 1.807) is 17.5 Å². The summed E-state index contributed by atoms with van der Waals surface area (Å²) in [6.45, 7) is 7.49. The van der Waals surface area contributed by atoms with Crippen molar-refractivity contribution in [3.8, 4) is 23.1 Å². The quantitative estimate of drug-likeness (QED) is 0.192. The van der Waals surface area contributed by atoms with Crippen molar-refractivity contribution in [2.45, 2.75) is 10.8 Å². The first-order chi connectivity index (χ1) is 17.9. The Bertz CT molecular complexity index is 1520. The fourth-order valence-corrected chi connectivity index (χ4v) is 4.93. The van der Waals surface area contributed by atoms with E-state index >= 15 is 0 Å². The van der Waals surface area contributed by atoms with Crippen LogP contribution in [0.4, 0.5) is 31.1 Å². The molecule has 37 heavy (non-hydrogen) atoms. The highest BCUT2D eigenvalue weighted by Gasteiger charge is 2.21. The summed E-state index contributed by atoms with van der Waals surface area (Å²) >= 11 is 2.50. The van der Waals surface area contributed by atoms with Crippen LogP contribution in [0.2, 0.25) is 0 Å². The second kappa shape index (κ2) is 11.6. The van der Waals surface area contributed by atoms with Crippen molar-refractivity contribution in [1.82, 2.24) is 15.0 Å². The average Bonchev–Trinajstić information content (AvgIpc) is 3.35. The zero-order valence-electron chi connectivity index (χ0n) is 18.9. The Kier molecular flexibility index (Phi) is 8.10. The Morgan fingerprint density at radius 1 is 1.24 bits per heavy atom. The van der Waals surface area contributed by atoms with E-state index in [1.165, 1.54) is 35.4 Å². The molecule has 4 rings (SSSR count). The number of nitrogens with one attached hydrogen (secondary N) is 1. The van der Waals surface area contributed by atoms with Gasteiger partial charge in [-0.3, -0.25) is 0 Å². The van der Waals surface area contributed by atoms with E-state index in [2.05, 4.69) is 31.2 Å². The van der Waals surface area contributed by atoms with Crippen molar-refractivity contribution < 1.29 is 18.6 Å². The SMILES string of the molecule is [C-]#[N+]c1c(N)nc(SCc2csc(Nc3ccc(F)c(F)c3)n2)c(C#N)c1-c1ccc(OCCO)nc1. The molecular weight excluding hydrogens is 520 g/mol. The Balaban J connectivity index is 1.57. The number of hydrogen-bond donors (Lipinski definition) is 3. The number of aliphatic hydroxyl groups excluding tert-OH is 1.